The summed E-state index contributed by atoms with van der Waals surface area (Å²) >= 11 is 0. The molecule has 3 nitrogen and oxygen atoms in total. The molecule has 0 bridgehead atoms. The van der Waals surface area contributed by atoms with Gasteiger partial charge >= 0.3 is 0 Å². The van der Waals surface area contributed by atoms with Gasteiger partial charge in [0.05, 0.1) is 0 Å². The molecule has 106 valence electrons. The van der Waals surface area contributed by atoms with Crippen LogP contribution in [0.4, 0.5) is 0 Å². The predicted octanol–water partition coefficient (Wildman–Crippen LogP) is 1.79. The van der Waals surface area contributed by atoms with Gasteiger partial charge in [-0.25, -0.2) is 0 Å². The van der Waals surface area contributed by atoms with Crippen LogP contribution in [0.15, 0.2) is 0 Å². The van der Waals surface area contributed by atoms with E-state index in [0.717, 1.165) is 12.0 Å². The second kappa shape index (κ2) is 7.46. The molecule has 2 aliphatic rings. The van der Waals surface area contributed by atoms with Crippen molar-refractivity contribution in [2.24, 2.45) is 5.92 Å². The highest BCUT2D eigenvalue weighted by Crippen LogP contribution is 2.23. The molecule has 1 aliphatic carbocycles. The molecule has 0 aromatic carbocycles. The van der Waals surface area contributed by atoms with E-state index in [0.29, 0.717) is 0 Å². The molecule has 2 rings (SSSR count). The van der Waals surface area contributed by atoms with Crippen molar-refractivity contribution < 1.29 is 0 Å². The molecule has 2 atom stereocenters. The highest BCUT2D eigenvalue weighted by atomic mass is 15.3. The largest absolute Gasteiger partial charge is 0.313 e. The summed E-state index contributed by atoms with van der Waals surface area (Å²) in [6.45, 7) is 13.3. The van der Waals surface area contributed by atoms with Crippen LogP contribution >= 0.6 is 0 Å². The third-order valence-electron chi connectivity index (χ3n) is 4.71. The van der Waals surface area contributed by atoms with Crippen molar-refractivity contribution in [3.8, 4) is 0 Å². The Morgan fingerprint density at radius 1 is 1.06 bits per heavy atom. The smallest absolute Gasteiger partial charge is 0.0110 e. The Balaban J connectivity index is 1.55. The van der Waals surface area contributed by atoms with Gasteiger partial charge in [-0.05, 0) is 25.3 Å². The van der Waals surface area contributed by atoms with Gasteiger partial charge in [-0.15, -0.1) is 0 Å². The van der Waals surface area contributed by atoms with Crippen molar-refractivity contribution in [1.82, 2.24) is 15.1 Å². The van der Waals surface area contributed by atoms with Crippen molar-refractivity contribution in [1.29, 1.82) is 0 Å². The van der Waals surface area contributed by atoms with E-state index in [1.54, 1.807) is 0 Å². The minimum atomic E-state index is 0.797. The van der Waals surface area contributed by atoms with Crippen LogP contribution in [0.2, 0.25) is 0 Å². The van der Waals surface area contributed by atoms with Crippen LogP contribution in [0.3, 0.4) is 0 Å². The van der Waals surface area contributed by atoms with Crippen molar-refractivity contribution in [2.75, 3.05) is 45.8 Å². The van der Waals surface area contributed by atoms with Crippen molar-refractivity contribution in [3.63, 3.8) is 0 Å². The summed E-state index contributed by atoms with van der Waals surface area (Å²) in [4.78, 5) is 5.16. The number of nitrogens with one attached hydrogen (secondary N) is 1. The molecular weight excluding hydrogens is 222 g/mol. The van der Waals surface area contributed by atoms with E-state index in [1.165, 1.54) is 71.5 Å². The lowest BCUT2D eigenvalue weighted by Gasteiger charge is -2.34. The van der Waals surface area contributed by atoms with E-state index in [4.69, 9.17) is 0 Å². The first-order valence-electron chi connectivity index (χ1n) is 7.96. The predicted molar refractivity (Wildman–Crippen MR) is 78.0 cm³/mol. The highest BCUT2D eigenvalue weighted by Gasteiger charge is 2.19. The number of piperazine rings is 1. The minimum absolute atomic E-state index is 0.797. The standard InChI is InChI=1S/C15H31N3/c1-3-17-9-11-18(12-10-17)8-7-16-15-6-4-5-14(2)13-15/h14-16H,3-13H2,1-2H3. The van der Waals surface area contributed by atoms with Gasteiger partial charge in [0.2, 0.25) is 0 Å². The first-order valence-corrected chi connectivity index (χ1v) is 7.96. The van der Waals surface area contributed by atoms with Crippen molar-refractivity contribution >= 4 is 0 Å². The van der Waals surface area contributed by atoms with Gasteiger partial charge < -0.3 is 10.2 Å². The zero-order chi connectivity index (χ0) is 12.8. The fraction of sp³-hybridized carbons (Fsp3) is 1.00. The zero-order valence-corrected chi connectivity index (χ0v) is 12.3. The maximum atomic E-state index is 3.77. The van der Waals surface area contributed by atoms with E-state index >= 15 is 0 Å². The summed E-state index contributed by atoms with van der Waals surface area (Å²) in [5.74, 6) is 0.935. The third kappa shape index (κ3) is 4.52. The lowest BCUT2D eigenvalue weighted by atomic mass is 9.87. The first-order chi connectivity index (χ1) is 8.78. The molecule has 1 aliphatic heterocycles. The van der Waals surface area contributed by atoms with E-state index in [-0.39, 0.29) is 0 Å². The van der Waals surface area contributed by atoms with Gasteiger partial charge in [0.25, 0.3) is 0 Å². The Morgan fingerprint density at radius 3 is 2.44 bits per heavy atom. The molecule has 0 aromatic heterocycles. The van der Waals surface area contributed by atoms with Crippen LogP contribution in [0.25, 0.3) is 0 Å². The summed E-state index contributed by atoms with van der Waals surface area (Å²) in [5.41, 5.74) is 0. The molecule has 1 N–H and O–H groups in total. The molecule has 2 fully saturated rings. The Bertz CT molecular complexity index is 224. The van der Waals surface area contributed by atoms with Gasteiger partial charge in [-0.3, -0.25) is 4.90 Å². The molecule has 1 saturated carbocycles. The van der Waals surface area contributed by atoms with Crippen LogP contribution in [-0.4, -0.2) is 61.7 Å². The van der Waals surface area contributed by atoms with Crippen molar-refractivity contribution in [3.05, 3.63) is 0 Å². The molecule has 0 amide bonds. The highest BCUT2D eigenvalue weighted by molar-refractivity contribution is 4.77. The van der Waals surface area contributed by atoms with Crippen LogP contribution in [-0.2, 0) is 0 Å². The second-order valence-electron chi connectivity index (χ2n) is 6.20. The first kappa shape index (κ1) is 14.3. The summed E-state index contributed by atoms with van der Waals surface area (Å²) in [5, 5.41) is 3.77. The fourth-order valence-electron chi connectivity index (χ4n) is 3.38. The number of rotatable bonds is 5. The number of hydrogen-bond acceptors (Lipinski definition) is 3. The molecule has 0 spiro atoms. The number of likely N-dealkylation sites (N-methyl/N-ethyl adjacent to an activating group) is 1. The maximum Gasteiger partial charge on any atom is 0.0110 e. The van der Waals surface area contributed by atoms with Crippen molar-refractivity contribution in [2.45, 2.75) is 45.6 Å². The summed E-state index contributed by atoms with van der Waals surface area (Å²) in [7, 11) is 0. The average molecular weight is 253 g/mol. The van der Waals surface area contributed by atoms with Gasteiger partial charge in [0, 0.05) is 45.3 Å². The van der Waals surface area contributed by atoms with Gasteiger partial charge in [0.15, 0.2) is 0 Å². The van der Waals surface area contributed by atoms with Crippen LogP contribution in [0.1, 0.15) is 39.5 Å². The van der Waals surface area contributed by atoms with E-state index in [9.17, 15) is 0 Å². The Hall–Kier alpha value is -0.120. The third-order valence-corrected chi connectivity index (χ3v) is 4.71. The Labute approximate surface area is 113 Å². The second-order valence-corrected chi connectivity index (χ2v) is 6.20. The lowest BCUT2D eigenvalue weighted by Crippen LogP contribution is -2.48. The SMILES string of the molecule is CCN1CCN(CCNC2CCCC(C)C2)CC1. The molecule has 0 radical (unpaired) electrons. The number of hydrogen-bond donors (Lipinski definition) is 1. The van der Waals surface area contributed by atoms with Crippen LogP contribution < -0.4 is 5.32 Å². The Morgan fingerprint density at radius 2 is 1.78 bits per heavy atom. The van der Waals surface area contributed by atoms with E-state index in [1.807, 2.05) is 0 Å². The molecule has 18 heavy (non-hydrogen) atoms. The van der Waals surface area contributed by atoms with E-state index < -0.39 is 0 Å². The molecule has 0 aromatic rings. The quantitative estimate of drug-likeness (QED) is 0.806. The summed E-state index contributed by atoms with van der Waals surface area (Å²) in [6.07, 6.45) is 5.66. The summed E-state index contributed by atoms with van der Waals surface area (Å²) < 4.78 is 0. The zero-order valence-electron chi connectivity index (χ0n) is 12.3. The molecular formula is C15H31N3. The fourth-order valence-corrected chi connectivity index (χ4v) is 3.38. The molecule has 3 heteroatoms. The van der Waals surface area contributed by atoms with Gasteiger partial charge in [-0.1, -0.05) is 26.7 Å². The minimum Gasteiger partial charge on any atom is -0.313 e. The monoisotopic (exact) mass is 253 g/mol. The Kier molecular flexibility index (Phi) is 5.93. The lowest BCUT2D eigenvalue weighted by molar-refractivity contribution is 0.136. The average Bonchev–Trinajstić information content (AvgIpc) is 2.40. The van der Waals surface area contributed by atoms with Crippen LogP contribution in [0, 0.1) is 5.92 Å². The molecule has 2 unspecified atom stereocenters. The topological polar surface area (TPSA) is 18.5 Å². The maximum absolute atomic E-state index is 3.77. The normalized spacial score (nSPS) is 31.7. The molecule has 1 heterocycles. The summed E-state index contributed by atoms with van der Waals surface area (Å²) in [6, 6.07) is 0.797. The van der Waals surface area contributed by atoms with Gasteiger partial charge in [-0.2, -0.15) is 0 Å². The van der Waals surface area contributed by atoms with E-state index in [2.05, 4.69) is 29.0 Å². The number of nitrogens with zero attached hydrogens (tertiary/aromatic N) is 2. The van der Waals surface area contributed by atoms with Crippen LogP contribution in [0.5, 0.6) is 0 Å². The molecule has 1 saturated heterocycles. The van der Waals surface area contributed by atoms with Gasteiger partial charge in [0.1, 0.15) is 0 Å².